The predicted octanol–water partition coefficient (Wildman–Crippen LogP) is 3.28. The Balaban J connectivity index is 2.24. The number of benzene rings is 2. The van der Waals surface area contributed by atoms with Crippen LogP contribution in [0.2, 0.25) is 5.02 Å². The van der Waals surface area contributed by atoms with E-state index in [1.807, 2.05) is 0 Å². The van der Waals surface area contributed by atoms with Crippen LogP contribution in [-0.4, -0.2) is 34.1 Å². The Morgan fingerprint density at radius 1 is 1.29 bits per heavy atom. The zero-order valence-electron chi connectivity index (χ0n) is 14.2. The van der Waals surface area contributed by atoms with Gasteiger partial charge >= 0.3 is 6.01 Å². The van der Waals surface area contributed by atoms with Crippen LogP contribution in [0.3, 0.4) is 0 Å². The van der Waals surface area contributed by atoms with Gasteiger partial charge in [-0.15, -0.1) is 4.09 Å². The van der Waals surface area contributed by atoms with Crippen LogP contribution in [0.15, 0.2) is 47.4 Å². The summed E-state index contributed by atoms with van der Waals surface area (Å²) < 4.78 is 46.0. The number of ether oxygens (including phenoxy) is 1. The summed E-state index contributed by atoms with van der Waals surface area (Å²) in [4.78, 5) is 13.8. The van der Waals surface area contributed by atoms with E-state index in [1.165, 1.54) is 18.2 Å². The van der Waals surface area contributed by atoms with E-state index in [4.69, 9.17) is 16.3 Å². The van der Waals surface area contributed by atoms with Crippen molar-refractivity contribution in [3.8, 4) is 17.4 Å². The molecule has 0 fully saturated rings. The van der Waals surface area contributed by atoms with Crippen LogP contribution in [0, 0.1) is 15.9 Å². The lowest BCUT2D eigenvalue weighted by Crippen LogP contribution is -2.16. The van der Waals surface area contributed by atoms with Gasteiger partial charge in [0.1, 0.15) is 10.8 Å². The number of hydrogen-bond acceptors (Lipinski definition) is 7. The first-order valence-electron chi connectivity index (χ1n) is 7.80. The molecule has 0 aliphatic carbocycles. The number of nitro benzene ring substituents is 1. The van der Waals surface area contributed by atoms with Crippen LogP contribution in [-0.2, 0) is 10.0 Å². The minimum atomic E-state index is -4.47. The summed E-state index contributed by atoms with van der Waals surface area (Å²) in [6, 6.07) is 8.06. The van der Waals surface area contributed by atoms with Crippen molar-refractivity contribution in [3.05, 3.63) is 63.4 Å². The highest BCUT2D eigenvalue weighted by atomic mass is 35.5. The van der Waals surface area contributed by atoms with E-state index >= 15 is 0 Å². The van der Waals surface area contributed by atoms with Crippen molar-refractivity contribution in [1.82, 2.24) is 14.2 Å². The first-order valence-corrected chi connectivity index (χ1v) is 9.61. The maximum atomic E-state index is 14.2. The molecular formula is C16H12ClFN4O5S. The van der Waals surface area contributed by atoms with Crippen LogP contribution in [0.4, 0.5) is 10.1 Å². The average molecular weight is 427 g/mol. The maximum Gasteiger partial charge on any atom is 0.337 e. The Kier molecular flexibility index (Phi) is 5.29. The van der Waals surface area contributed by atoms with Crippen LogP contribution in [0.25, 0.3) is 11.4 Å². The van der Waals surface area contributed by atoms with Crippen LogP contribution in [0.1, 0.15) is 6.92 Å². The first kappa shape index (κ1) is 19.7. The molecule has 1 heterocycles. The van der Waals surface area contributed by atoms with E-state index in [0.29, 0.717) is 4.09 Å². The van der Waals surface area contributed by atoms with Gasteiger partial charge in [0.25, 0.3) is 15.7 Å². The van der Waals surface area contributed by atoms with Gasteiger partial charge in [-0.3, -0.25) is 10.1 Å². The highest BCUT2D eigenvalue weighted by Gasteiger charge is 2.29. The molecule has 0 radical (unpaired) electrons. The summed E-state index contributed by atoms with van der Waals surface area (Å²) in [6.45, 7) is 1.79. The maximum absolute atomic E-state index is 14.2. The number of nitrogens with zero attached hydrogens (tertiary/aromatic N) is 4. The lowest BCUT2D eigenvalue weighted by atomic mass is 10.2. The molecule has 0 saturated heterocycles. The molecule has 0 N–H and O–H groups in total. The fraction of sp³-hybridized carbons (Fsp3) is 0.125. The van der Waals surface area contributed by atoms with Crippen LogP contribution in [0.5, 0.6) is 6.01 Å². The van der Waals surface area contributed by atoms with Crippen molar-refractivity contribution in [2.24, 2.45) is 0 Å². The van der Waals surface area contributed by atoms with E-state index in [0.717, 1.165) is 24.3 Å². The van der Waals surface area contributed by atoms with E-state index in [9.17, 15) is 22.9 Å². The van der Waals surface area contributed by atoms with Crippen molar-refractivity contribution >= 4 is 27.3 Å². The molecule has 0 bridgehead atoms. The van der Waals surface area contributed by atoms with Gasteiger partial charge in [-0.05, 0) is 31.2 Å². The molecule has 2 aromatic carbocycles. The van der Waals surface area contributed by atoms with Crippen molar-refractivity contribution in [2.75, 3.05) is 6.61 Å². The molecule has 12 heteroatoms. The van der Waals surface area contributed by atoms with Gasteiger partial charge in [-0.2, -0.15) is 13.4 Å². The summed E-state index contributed by atoms with van der Waals surface area (Å²) in [5.74, 6) is -1.06. The molecule has 3 aromatic rings. The largest absolute Gasteiger partial charge is 0.463 e. The molecule has 0 aliphatic heterocycles. The summed E-state index contributed by atoms with van der Waals surface area (Å²) >= 11 is 5.74. The van der Waals surface area contributed by atoms with Gasteiger partial charge in [0.05, 0.1) is 22.0 Å². The Bertz CT molecular complexity index is 1170. The highest BCUT2D eigenvalue weighted by Crippen LogP contribution is 2.30. The van der Waals surface area contributed by atoms with E-state index < -0.39 is 31.3 Å². The molecule has 0 amide bonds. The average Bonchev–Trinajstić information content (AvgIpc) is 3.07. The Hall–Kier alpha value is -3.05. The Labute approximate surface area is 163 Å². The minimum Gasteiger partial charge on any atom is -0.463 e. The molecule has 0 spiro atoms. The van der Waals surface area contributed by atoms with Crippen LogP contribution < -0.4 is 4.74 Å². The number of aromatic nitrogens is 3. The second-order valence-electron chi connectivity index (χ2n) is 5.35. The minimum absolute atomic E-state index is 0.131. The molecule has 0 atom stereocenters. The molecule has 3 rings (SSSR count). The third-order valence-electron chi connectivity index (χ3n) is 3.59. The molecule has 146 valence electrons. The molecular weight excluding hydrogens is 415 g/mol. The molecule has 28 heavy (non-hydrogen) atoms. The molecule has 9 nitrogen and oxygen atoms in total. The number of halogens is 2. The quantitative estimate of drug-likeness (QED) is 0.438. The van der Waals surface area contributed by atoms with Gasteiger partial charge in [0.2, 0.25) is 0 Å². The third-order valence-corrected chi connectivity index (χ3v) is 5.47. The zero-order chi connectivity index (χ0) is 20.5. The van der Waals surface area contributed by atoms with Gasteiger partial charge in [-0.1, -0.05) is 28.8 Å². The summed E-state index contributed by atoms with van der Waals surface area (Å²) in [5.41, 5.74) is -0.728. The number of nitro groups is 1. The monoisotopic (exact) mass is 426 g/mol. The highest BCUT2D eigenvalue weighted by molar-refractivity contribution is 7.90. The molecule has 1 aromatic heterocycles. The Morgan fingerprint density at radius 3 is 2.64 bits per heavy atom. The summed E-state index contributed by atoms with van der Waals surface area (Å²) in [5, 5.41) is 14.6. The number of hydrogen-bond donors (Lipinski definition) is 0. The SMILES string of the molecule is CCOc1nc(-c2ccccc2F)n(S(=O)(=O)c2ccc(Cl)c([N+](=O)[O-])c2)n1. The van der Waals surface area contributed by atoms with E-state index in [2.05, 4.69) is 10.1 Å². The first-order chi connectivity index (χ1) is 13.3. The smallest absolute Gasteiger partial charge is 0.337 e. The van der Waals surface area contributed by atoms with Gasteiger partial charge < -0.3 is 4.74 Å². The van der Waals surface area contributed by atoms with Gasteiger partial charge in [0.15, 0.2) is 5.82 Å². The second kappa shape index (κ2) is 7.52. The molecule has 0 saturated carbocycles. The third kappa shape index (κ3) is 3.53. The van der Waals surface area contributed by atoms with E-state index in [1.54, 1.807) is 6.92 Å². The normalized spacial score (nSPS) is 11.4. The van der Waals surface area contributed by atoms with Crippen LogP contribution >= 0.6 is 11.6 Å². The van der Waals surface area contributed by atoms with Crippen molar-refractivity contribution in [2.45, 2.75) is 11.8 Å². The summed E-state index contributed by atoms with van der Waals surface area (Å²) in [6.07, 6.45) is 0. The second-order valence-corrected chi connectivity index (χ2v) is 7.52. The van der Waals surface area contributed by atoms with Gasteiger partial charge in [-0.25, -0.2) is 4.39 Å². The zero-order valence-corrected chi connectivity index (χ0v) is 15.8. The van der Waals surface area contributed by atoms with Crippen molar-refractivity contribution < 1.29 is 22.5 Å². The number of rotatable bonds is 6. The van der Waals surface area contributed by atoms with Gasteiger partial charge in [0, 0.05) is 6.07 Å². The van der Waals surface area contributed by atoms with Crippen molar-refractivity contribution in [3.63, 3.8) is 0 Å². The fourth-order valence-electron chi connectivity index (χ4n) is 2.34. The van der Waals surface area contributed by atoms with Crippen molar-refractivity contribution in [1.29, 1.82) is 0 Å². The molecule has 0 unspecified atom stereocenters. The lowest BCUT2D eigenvalue weighted by Gasteiger charge is -2.08. The fourth-order valence-corrected chi connectivity index (χ4v) is 3.77. The lowest BCUT2D eigenvalue weighted by molar-refractivity contribution is -0.384. The summed E-state index contributed by atoms with van der Waals surface area (Å²) in [7, 11) is -4.47. The Morgan fingerprint density at radius 2 is 2.00 bits per heavy atom. The topological polar surface area (TPSA) is 117 Å². The predicted molar refractivity (Wildman–Crippen MR) is 97.3 cm³/mol. The standard InChI is InChI=1S/C16H12ClFN4O5S/c1-2-27-16-19-15(11-5-3-4-6-13(11)18)21(20-16)28(25,26)10-7-8-12(17)14(9-10)22(23)24/h3-9H,2H2,1H3. The molecule has 0 aliphatic rings. The van der Waals surface area contributed by atoms with E-state index in [-0.39, 0.29) is 29.0 Å².